The first-order chi connectivity index (χ1) is 21.5. The second-order valence-corrected chi connectivity index (χ2v) is 12.6. The lowest BCUT2D eigenvalue weighted by Gasteiger charge is -2.14. The Kier molecular flexibility index (Phi) is 16.8. The molecule has 0 radical (unpaired) electrons. The molecule has 0 saturated carbocycles. The number of halogens is 2. The molecule has 0 unspecified atom stereocenters. The van der Waals surface area contributed by atoms with Crippen LogP contribution in [0.4, 0.5) is 8.78 Å². The molecule has 3 rings (SSSR count). The van der Waals surface area contributed by atoms with Crippen LogP contribution in [0.15, 0.2) is 24.5 Å². The highest BCUT2D eigenvalue weighted by Gasteiger charge is 2.20. The summed E-state index contributed by atoms with van der Waals surface area (Å²) in [5, 5.41) is 0. The Morgan fingerprint density at radius 3 is 1.11 bits per heavy atom. The van der Waals surface area contributed by atoms with Crippen LogP contribution in [-0.4, -0.2) is 19.1 Å². The van der Waals surface area contributed by atoms with Crippen LogP contribution in [0.1, 0.15) is 155 Å². The Labute approximate surface area is 267 Å². The molecule has 2 heterocycles. The Morgan fingerprint density at radius 2 is 0.795 bits per heavy atom. The predicted molar refractivity (Wildman–Crippen MR) is 182 cm³/mol. The first-order valence-corrected chi connectivity index (χ1v) is 18.1. The standard InChI is InChI=1S/C38H60F2N4/c1-5-9-11-13-15-17-19-21-23-25-37-41-29-35(43(37)7-3)31-27-34(40)32(28-33(31)39)36-30-42-38(44(36)8-4)26-24-22-20-18-16-14-12-10-6-2/h27-30H,5-26H2,1-4H3. The van der Waals surface area contributed by atoms with E-state index in [4.69, 9.17) is 0 Å². The van der Waals surface area contributed by atoms with Crippen molar-refractivity contribution in [1.82, 2.24) is 19.1 Å². The van der Waals surface area contributed by atoms with Gasteiger partial charge in [0, 0.05) is 37.1 Å². The third-order valence-electron chi connectivity index (χ3n) is 9.13. The minimum atomic E-state index is -0.421. The topological polar surface area (TPSA) is 35.6 Å². The van der Waals surface area contributed by atoms with Crippen molar-refractivity contribution in [2.45, 2.75) is 169 Å². The quantitative estimate of drug-likeness (QED) is 0.0946. The molecule has 0 spiro atoms. The Hall–Kier alpha value is -2.50. The highest BCUT2D eigenvalue weighted by molar-refractivity contribution is 5.68. The fourth-order valence-electron chi connectivity index (χ4n) is 6.49. The molecule has 0 aliphatic rings. The van der Waals surface area contributed by atoms with Crippen molar-refractivity contribution in [3.05, 3.63) is 47.8 Å². The van der Waals surface area contributed by atoms with Gasteiger partial charge in [-0.2, -0.15) is 0 Å². The van der Waals surface area contributed by atoms with E-state index in [9.17, 15) is 0 Å². The third kappa shape index (κ3) is 10.8. The summed E-state index contributed by atoms with van der Waals surface area (Å²) in [6, 6.07) is 2.70. The molecule has 0 aliphatic heterocycles. The number of aromatic nitrogens is 4. The number of hydrogen-bond donors (Lipinski definition) is 0. The Balaban J connectivity index is 1.59. The van der Waals surface area contributed by atoms with Gasteiger partial charge in [-0.05, 0) is 38.8 Å². The van der Waals surface area contributed by atoms with Gasteiger partial charge in [-0.3, -0.25) is 0 Å². The number of imidazole rings is 2. The van der Waals surface area contributed by atoms with E-state index in [1.807, 2.05) is 23.0 Å². The monoisotopic (exact) mass is 610 g/mol. The lowest BCUT2D eigenvalue weighted by atomic mass is 10.0. The maximum atomic E-state index is 15.7. The largest absolute Gasteiger partial charge is 0.328 e. The van der Waals surface area contributed by atoms with Crippen LogP contribution in [0.3, 0.4) is 0 Å². The van der Waals surface area contributed by atoms with Crippen LogP contribution >= 0.6 is 0 Å². The minimum absolute atomic E-state index is 0.274. The van der Waals surface area contributed by atoms with E-state index in [1.54, 1.807) is 12.4 Å². The molecular weight excluding hydrogens is 550 g/mol. The van der Waals surface area contributed by atoms with Gasteiger partial charge < -0.3 is 9.13 Å². The van der Waals surface area contributed by atoms with Crippen LogP contribution in [0.5, 0.6) is 0 Å². The van der Waals surface area contributed by atoms with E-state index in [2.05, 4.69) is 23.8 Å². The van der Waals surface area contributed by atoms with Crippen molar-refractivity contribution in [2.24, 2.45) is 0 Å². The van der Waals surface area contributed by atoms with Gasteiger partial charge in [0.25, 0.3) is 0 Å². The summed E-state index contributed by atoms with van der Waals surface area (Å²) in [6.07, 6.45) is 28.1. The van der Waals surface area contributed by atoms with E-state index in [-0.39, 0.29) is 11.1 Å². The van der Waals surface area contributed by atoms with Crippen molar-refractivity contribution in [3.63, 3.8) is 0 Å². The van der Waals surface area contributed by atoms with Gasteiger partial charge in [-0.15, -0.1) is 0 Å². The first kappa shape index (κ1) is 36.0. The van der Waals surface area contributed by atoms with Crippen molar-refractivity contribution in [3.8, 4) is 22.5 Å². The van der Waals surface area contributed by atoms with Crippen molar-refractivity contribution < 1.29 is 8.78 Å². The van der Waals surface area contributed by atoms with E-state index in [0.717, 1.165) is 37.3 Å². The summed E-state index contributed by atoms with van der Waals surface area (Å²) in [7, 11) is 0. The van der Waals surface area contributed by atoms with Gasteiger partial charge in [0.05, 0.1) is 23.8 Å². The molecule has 0 amide bonds. The molecule has 0 saturated heterocycles. The summed E-state index contributed by atoms with van der Waals surface area (Å²) in [5.74, 6) is 1.07. The average Bonchev–Trinajstić information content (AvgIpc) is 3.63. The molecule has 246 valence electrons. The molecule has 0 fully saturated rings. The van der Waals surface area contributed by atoms with Crippen molar-refractivity contribution >= 4 is 0 Å². The number of rotatable bonds is 24. The summed E-state index contributed by atoms with van der Waals surface area (Å²) in [6.45, 7) is 9.95. The number of aryl methyl sites for hydroxylation is 2. The van der Waals surface area contributed by atoms with Crippen molar-refractivity contribution in [2.75, 3.05) is 0 Å². The molecule has 0 N–H and O–H groups in total. The van der Waals surface area contributed by atoms with Gasteiger partial charge in [-0.25, -0.2) is 18.7 Å². The van der Waals surface area contributed by atoms with E-state index in [0.29, 0.717) is 24.5 Å². The summed E-state index contributed by atoms with van der Waals surface area (Å²) < 4.78 is 35.4. The smallest absolute Gasteiger partial charge is 0.133 e. The fraction of sp³-hybridized carbons (Fsp3) is 0.684. The number of hydrogen-bond acceptors (Lipinski definition) is 2. The van der Waals surface area contributed by atoms with E-state index < -0.39 is 11.6 Å². The molecular formula is C38H60F2N4. The van der Waals surface area contributed by atoms with Crippen LogP contribution in [-0.2, 0) is 25.9 Å². The zero-order valence-corrected chi connectivity index (χ0v) is 28.4. The lowest BCUT2D eigenvalue weighted by molar-refractivity contribution is 0.557. The minimum Gasteiger partial charge on any atom is -0.328 e. The fourth-order valence-corrected chi connectivity index (χ4v) is 6.49. The number of unbranched alkanes of at least 4 members (excludes halogenated alkanes) is 16. The Morgan fingerprint density at radius 1 is 0.477 bits per heavy atom. The first-order valence-electron chi connectivity index (χ1n) is 18.1. The number of nitrogens with zero attached hydrogens (tertiary/aromatic N) is 4. The molecule has 2 aromatic heterocycles. The van der Waals surface area contributed by atoms with Gasteiger partial charge in [0.2, 0.25) is 0 Å². The van der Waals surface area contributed by atoms with E-state index >= 15 is 8.78 Å². The third-order valence-corrected chi connectivity index (χ3v) is 9.13. The molecule has 44 heavy (non-hydrogen) atoms. The molecule has 6 heteroatoms. The zero-order chi connectivity index (χ0) is 31.6. The average molecular weight is 611 g/mol. The molecule has 0 bridgehead atoms. The maximum absolute atomic E-state index is 15.7. The molecule has 4 nitrogen and oxygen atoms in total. The number of benzene rings is 1. The molecule has 0 aliphatic carbocycles. The summed E-state index contributed by atoms with van der Waals surface area (Å²) >= 11 is 0. The normalized spacial score (nSPS) is 11.6. The maximum Gasteiger partial charge on any atom is 0.133 e. The second kappa shape index (κ2) is 20.5. The Bertz CT molecular complexity index is 1120. The SMILES string of the molecule is CCCCCCCCCCCc1ncc(-c2cc(F)c(-c3cnc(CCCCCCCCCCC)n3CC)cc2F)n1CC. The summed E-state index contributed by atoms with van der Waals surface area (Å²) in [4.78, 5) is 9.27. The van der Waals surface area contributed by atoms with Crippen LogP contribution in [0, 0.1) is 11.6 Å². The molecule has 1 aromatic carbocycles. The van der Waals surface area contributed by atoms with Gasteiger partial charge in [0.1, 0.15) is 23.3 Å². The van der Waals surface area contributed by atoms with Gasteiger partial charge >= 0.3 is 0 Å². The van der Waals surface area contributed by atoms with Crippen LogP contribution in [0.2, 0.25) is 0 Å². The van der Waals surface area contributed by atoms with Crippen LogP contribution in [0.25, 0.3) is 22.5 Å². The summed E-state index contributed by atoms with van der Waals surface area (Å²) in [5.41, 5.74) is 1.85. The second-order valence-electron chi connectivity index (χ2n) is 12.6. The van der Waals surface area contributed by atoms with Gasteiger partial charge in [0.15, 0.2) is 0 Å². The zero-order valence-electron chi connectivity index (χ0n) is 28.4. The lowest BCUT2D eigenvalue weighted by Crippen LogP contribution is -2.06. The van der Waals surface area contributed by atoms with E-state index in [1.165, 1.54) is 115 Å². The highest BCUT2D eigenvalue weighted by atomic mass is 19.1. The predicted octanol–water partition coefficient (Wildman–Crippen LogP) is 11.9. The molecule has 3 aromatic rings. The van der Waals surface area contributed by atoms with Crippen molar-refractivity contribution in [1.29, 1.82) is 0 Å². The van der Waals surface area contributed by atoms with Gasteiger partial charge in [-0.1, -0.05) is 117 Å². The van der Waals surface area contributed by atoms with Crippen LogP contribution < -0.4 is 0 Å². The highest BCUT2D eigenvalue weighted by Crippen LogP contribution is 2.32. The molecule has 0 atom stereocenters.